The second-order valence-electron chi connectivity index (χ2n) is 5.46. The Morgan fingerprint density at radius 1 is 0.957 bits per heavy atom. The van der Waals surface area contributed by atoms with Crippen molar-refractivity contribution in [2.24, 2.45) is 5.10 Å². The highest BCUT2D eigenvalue weighted by atomic mass is 32.1. The van der Waals surface area contributed by atoms with Crippen molar-refractivity contribution < 1.29 is 4.39 Å². The van der Waals surface area contributed by atoms with Gasteiger partial charge in [-0.3, -0.25) is 5.01 Å². The van der Waals surface area contributed by atoms with Crippen LogP contribution in [0.5, 0.6) is 0 Å². The van der Waals surface area contributed by atoms with Crippen LogP contribution >= 0.6 is 11.3 Å². The van der Waals surface area contributed by atoms with Crippen LogP contribution in [-0.4, -0.2) is 12.3 Å². The van der Waals surface area contributed by atoms with Crippen molar-refractivity contribution in [1.29, 1.82) is 0 Å². The lowest BCUT2D eigenvalue weighted by Gasteiger charge is -2.16. The van der Waals surface area contributed by atoms with Crippen molar-refractivity contribution in [2.45, 2.75) is 5.92 Å². The summed E-state index contributed by atoms with van der Waals surface area (Å²) in [6.45, 7) is 0.651. The SMILES string of the molecule is Fc1ccccc1N1C[C@H](c2ccccc2)C(c2cccs2)=N1. The van der Waals surface area contributed by atoms with Crippen molar-refractivity contribution in [3.63, 3.8) is 0 Å². The molecule has 0 bridgehead atoms. The fourth-order valence-electron chi connectivity index (χ4n) is 2.91. The predicted molar refractivity (Wildman–Crippen MR) is 93.8 cm³/mol. The molecule has 4 rings (SSSR count). The van der Waals surface area contributed by atoms with Gasteiger partial charge in [-0.25, -0.2) is 4.39 Å². The van der Waals surface area contributed by atoms with E-state index in [2.05, 4.69) is 18.2 Å². The van der Waals surface area contributed by atoms with Crippen molar-refractivity contribution in [3.05, 3.63) is 88.4 Å². The van der Waals surface area contributed by atoms with E-state index in [1.54, 1.807) is 28.5 Å². The first-order valence-corrected chi connectivity index (χ1v) is 8.40. The summed E-state index contributed by atoms with van der Waals surface area (Å²) < 4.78 is 14.1. The van der Waals surface area contributed by atoms with Gasteiger partial charge in [-0.05, 0) is 29.1 Å². The summed E-state index contributed by atoms with van der Waals surface area (Å²) in [7, 11) is 0. The smallest absolute Gasteiger partial charge is 0.148 e. The van der Waals surface area contributed by atoms with Crippen LogP contribution in [0, 0.1) is 5.82 Å². The van der Waals surface area contributed by atoms with E-state index >= 15 is 0 Å². The Kier molecular flexibility index (Phi) is 3.67. The first-order chi connectivity index (χ1) is 11.3. The van der Waals surface area contributed by atoms with E-state index in [0.717, 1.165) is 10.6 Å². The van der Waals surface area contributed by atoms with Gasteiger partial charge in [0.1, 0.15) is 5.82 Å². The Balaban J connectivity index is 1.77. The van der Waals surface area contributed by atoms with Gasteiger partial charge >= 0.3 is 0 Å². The monoisotopic (exact) mass is 322 g/mol. The normalized spacial score (nSPS) is 17.3. The molecule has 23 heavy (non-hydrogen) atoms. The maximum Gasteiger partial charge on any atom is 0.148 e. The third kappa shape index (κ3) is 2.66. The molecule has 0 saturated heterocycles. The van der Waals surface area contributed by atoms with Gasteiger partial charge in [0.05, 0.1) is 22.8 Å². The van der Waals surface area contributed by atoms with Crippen LogP contribution in [0.3, 0.4) is 0 Å². The number of para-hydroxylation sites is 1. The molecule has 0 radical (unpaired) electrons. The van der Waals surface area contributed by atoms with Gasteiger partial charge in [0.25, 0.3) is 0 Å². The van der Waals surface area contributed by atoms with Crippen LogP contribution in [0.15, 0.2) is 77.2 Å². The summed E-state index contributed by atoms with van der Waals surface area (Å²) in [5.41, 5.74) is 2.74. The number of hydrazone groups is 1. The molecule has 2 nitrogen and oxygen atoms in total. The molecule has 1 atom stereocenters. The molecule has 1 aliphatic rings. The molecule has 4 heteroatoms. The molecule has 0 fully saturated rings. The van der Waals surface area contributed by atoms with Crippen LogP contribution < -0.4 is 5.01 Å². The van der Waals surface area contributed by atoms with Crippen molar-refractivity contribution in [3.8, 4) is 0 Å². The molecule has 3 aromatic rings. The first-order valence-electron chi connectivity index (χ1n) is 7.52. The summed E-state index contributed by atoms with van der Waals surface area (Å²) >= 11 is 1.67. The topological polar surface area (TPSA) is 15.6 Å². The van der Waals surface area contributed by atoms with E-state index in [1.807, 2.05) is 35.7 Å². The average Bonchev–Trinajstić information content (AvgIpc) is 3.25. The molecule has 114 valence electrons. The van der Waals surface area contributed by atoms with E-state index in [4.69, 9.17) is 5.10 Å². The lowest BCUT2D eigenvalue weighted by molar-refractivity contribution is 0.620. The number of anilines is 1. The van der Waals surface area contributed by atoms with Crippen LogP contribution in [0.1, 0.15) is 16.4 Å². The molecule has 2 aromatic carbocycles. The van der Waals surface area contributed by atoms with E-state index in [-0.39, 0.29) is 11.7 Å². The number of rotatable bonds is 3. The summed E-state index contributed by atoms with van der Waals surface area (Å²) in [5.74, 6) is -0.0926. The molecule has 0 unspecified atom stereocenters. The van der Waals surface area contributed by atoms with Crippen LogP contribution in [0.4, 0.5) is 10.1 Å². The molecular formula is C19H15FN2S. The fourth-order valence-corrected chi connectivity index (χ4v) is 3.67. The second kappa shape index (κ2) is 5.97. The third-order valence-electron chi connectivity index (χ3n) is 4.02. The maximum atomic E-state index is 14.1. The lowest BCUT2D eigenvalue weighted by Crippen LogP contribution is -2.18. The van der Waals surface area contributed by atoms with E-state index in [0.29, 0.717) is 12.2 Å². The highest BCUT2D eigenvalue weighted by Crippen LogP contribution is 2.33. The summed E-state index contributed by atoms with van der Waals surface area (Å²) in [4.78, 5) is 1.14. The summed E-state index contributed by atoms with van der Waals surface area (Å²) in [6, 6.07) is 21.2. The molecule has 0 saturated carbocycles. The number of benzene rings is 2. The van der Waals surface area contributed by atoms with Gasteiger partial charge < -0.3 is 0 Å². The Morgan fingerprint density at radius 2 is 1.74 bits per heavy atom. The van der Waals surface area contributed by atoms with Gasteiger partial charge in [-0.1, -0.05) is 48.5 Å². The first kappa shape index (κ1) is 14.2. The zero-order valence-electron chi connectivity index (χ0n) is 12.4. The number of hydrogen-bond acceptors (Lipinski definition) is 3. The predicted octanol–water partition coefficient (Wildman–Crippen LogP) is 4.90. The number of halogens is 1. The van der Waals surface area contributed by atoms with Gasteiger partial charge in [0.15, 0.2) is 0 Å². The Hall–Kier alpha value is -2.46. The van der Waals surface area contributed by atoms with E-state index < -0.39 is 0 Å². The quantitative estimate of drug-likeness (QED) is 0.670. The highest BCUT2D eigenvalue weighted by Gasteiger charge is 2.31. The van der Waals surface area contributed by atoms with Gasteiger partial charge in [-0.2, -0.15) is 5.10 Å². The molecule has 0 N–H and O–H groups in total. The minimum absolute atomic E-state index is 0.148. The van der Waals surface area contributed by atoms with E-state index in [1.165, 1.54) is 11.6 Å². The molecule has 1 aliphatic heterocycles. The molecule has 2 heterocycles. The average molecular weight is 322 g/mol. The highest BCUT2D eigenvalue weighted by molar-refractivity contribution is 7.12. The largest absolute Gasteiger partial charge is 0.261 e. The fraction of sp³-hybridized carbons (Fsp3) is 0.105. The Morgan fingerprint density at radius 3 is 2.48 bits per heavy atom. The minimum atomic E-state index is -0.240. The number of thiophene rings is 1. The molecule has 0 spiro atoms. The van der Waals surface area contributed by atoms with Crippen LogP contribution in [0.25, 0.3) is 0 Å². The number of nitrogens with zero attached hydrogens (tertiary/aromatic N) is 2. The second-order valence-corrected chi connectivity index (χ2v) is 6.41. The van der Waals surface area contributed by atoms with Crippen molar-refractivity contribution in [1.82, 2.24) is 0 Å². The molecule has 0 aliphatic carbocycles. The zero-order valence-corrected chi connectivity index (χ0v) is 13.2. The van der Waals surface area contributed by atoms with Gasteiger partial charge in [0.2, 0.25) is 0 Å². The summed E-state index contributed by atoms with van der Waals surface area (Å²) in [5, 5.41) is 8.57. The van der Waals surface area contributed by atoms with Crippen LogP contribution in [-0.2, 0) is 0 Å². The number of hydrogen-bond donors (Lipinski definition) is 0. The standard InChI is InChI=1S/C19H15FN2S/c20-16-9-4-5-10-17(16)22-13-15(14-7-2-1-3-8-14)19(21-22)18-11-6-12-23-18/h1-12,15H,13H2/t15-/m1/s1. The van der Waals surface area contributed by atoms with Crippen molar-refractivity contribution >= 4 is 22.7 Å². The van der Waals surface area contributed by atoms with Crippen molar-refractivity contribution in [2.75, 3.05) is 11.6 Å². The third-order valence-corrected chi connectivity index (χ3v) is 4.91. The van der Waals surface area contributed by atoms with Gasteiger partial charge in [0, 0.05) is 5.92 Å². The molecule has 1 aromatic heterocycles. The lowest BCUT2D eigenvalue weighted by atomic mass is 9.94. The minimum Gasteiger partial charge on any atom is -0.261 e. The maximum absolute atomic E-state index is 14.1. The zero-order chi connectivity index (χ0) is 15.6. The van der Waals surface area contributed by atoms with Crippen LogP contribution in [0.2, 0.25) is 0 Å². The summed E-state index contributed by atoms with van der Waals surface area (Å²) in [6.07, 6.45) is 0. The Labute approximate surface area is 138 Å². The molecule has 0 amide bonds. The molecular weight excluding hydrogens is 307 g/mol. The van der Waals surface area contributed by atoms with E-state index in [9.17, 15) is 4.39 Å². The van der Waals surface area contributed by atoms with Gasteiger partial charge in [-0.15, -0.1) is 11.3 Å². The Bertz CT molecular complexity index is 828.